The molecule has 0 unspecified atom stereocenters. The van der Waals surface area contributed by atoms with Gasteiger partial charge < -0.3 is 25.8 Å². The van der Waals surface area contributed by atoms with Gasteiger partial charge in [0.05, 0.1) is 6.54 Å². The minimum Gasteiger partial charge on any atom is -0.492 e. The van der Waals surface area contributed by atoms with Crippen LogP contribution >= 0.6 is 24.0 Å². The number of hydrogen-bond acceptors (Lipinski definition) is 4. The monoisotopic (exact) mass is 532 g/mol. The fourth-order valence-electron chi connectivity index (χ4n) is 2.65. The van der Waals surface area contributed by atoms with Gasteiger partial charge in [0.1, 0.15) is 23.9 Å². The summed E-state index contributed by atoms with van der Waals surface area (Å²) in [6.45, 7) is 2.19. The lowest BCUT2D eigenvalue weighted by Crippen LogP contribution is -2.23. The van der Waals surface area contributed by atoms with E-state index < -0.39 is 0 Å². The first-order valence-corrected chi connectivity index (χ1v) is 9.49. The van der Waals surface area contributed by atoms with Crippen molar-refractivity contribution in [2.45, 2.75) is 6.92 Å². The highest BCUT2D eigenvalue weighted by Gasteiger charge is 2.01. The number of aliphatic imine (C=N–C) groups is 1. The lowest BCUT2D eigenvalue weighted by molar-refractivity contribution is -0.114. The summed E-state index contributed by atoms with van der Waals surface area (Å²) in [5.41, 5.74) is 7.42. The largest absolute Gasteiger partial charge is 0.492 e. The average Bonchev–Trinajstić information content (AvgIpc) is 2.72. The summed E-state index contributed by atoms with van der Waals surface area (Å²) in [7, 11) is 0. The minimum absolute atomic E-state index is 0. The van der Waals surface area contributed by atoms with Crippen molar-refractivity contribution in [2.24, 2.45) is 10.7 Å². The molecule has 0 saturated heterocycles. The number of benzene rings is 3. The zero-order valence-electron chi connectivity index (χ0n) is 17.1. The quantitative estimate of drug-likeness (QED) is 0.167. The molecule has 1 amide bonds. The Bertz CT molecular complexity index is 1010. The van der Waals surface area contributed by atoms with Crippen molar-refractivity contribution in [1.82, 2.24) is 0 Å². The summed E-state index contributed by atoms with van der Waals surface area (Å²) in [6, 6.07) is 24.2. The van der Waals surface area contributed by atoms with E-state index in [1.807, 2.05) is 66.7 Å². The number of rotatable bonds is 8. The van der Waals surface area contributed by atoms with Crippen molar-refractivity contribution in [2.75, 3.05) is 23.8 Å². The molecule has 0 saturated carbocycles. The van der Waals surface area contributed by atoms with Crippen LogP contribution < -0.4 is 25.8 Å². The molecule has 0 aliphatic heterocycles. The van der Waals surface area contributed by atoms with Crippen LogP contribution in [0.25, 0.3) is 0 Å². The van der Waals surface area contributed by atoms with Crippen molar-refractivity contribution in [3.63, 3.8) is 0 Å². The van der Waals surface area contributed by atoms with Crippen LogP contribution in [0.15, 0.2) is 83.9 Å². The summed E-state index contributed by atoms with van der Waals surface area (Å²) in [5, 5.41) is 5.76. The van der Waals surface area contributed by atoms with E-state index in [0.29, 0.717) is 30.3 Å². The Hall–Kier alpha value is -3.27. The van der Waals surface area contributed by atoms with Gasteiger partial charge in [0.15, 0.2) is 5.96 Å². The van der Waals surface area contributed by atoms with Gasteiger partial charge in [0.25, 0.3) is 0 Å². The molecule has 8 heteroatoms. The second kappa shape index (κ2) is 12.4. The molecule has 162 valence electrons. The van der Waals surface area contributed by atoms with Gasteiger partial charge >= 0.3 is 0 Å². The van der Waals surface area contributed by atoms with Gasteiger partial charge in [-0.05, 0) is 36.4 Å². The topological polar surface area (TPSA) is 98.0 Å². The van der Waals surface area contributed by atoms with Crippen LogP contribution in [0.2, 0.25) is 0 Å². The van der Waals surface area contributed by atoms with Crippen LogP contribution in [-0.4, -0.2) is 25.0 Å². The molecule has 0 spiro atoms. The second-order valence-corrected chi connectivity index (χ2v) is 6.39. The standard InChI is InChI=1S/C23H24N4O3.HI/c1-17(28)26-18-7-5-11-21(15-18)29-14-13-25-23(24)27-19-8-6-12-22(16-19)30-20-9-3-2-4-10-20;/h2-12,15-16H,13-14H2,1H3,(H,26,28)(H3,24,25,27);1H. The van der Waals surface area contributed by atoms with E-state index in [9.17, 15) is 4.79 Å². The molecule has 0 aliphatic rings. The number of anilines is 2. The summed E-state index contributed by atoms with van der Waals surface area (Å²) in [6.07, 6.45) is 0. The Morgan fingerprint density at radius 3 is 2.19 bits per heavy atom. The maximum Gasteiger partial charge on any atom is 0.221 e. The van der Waals surface area contributed by atoms with Gasteiger partial charge in [-0.15, -0.1) is 24.0 Å². The molecule has 3 aromatic carbocycles. The minimum atomic E-state index is -0.131. The van der Waals surface area contributed by atoms with Crippen LogP contribution in [0, 0.1) is 0 Å². The van der Waals surface area contributed by atoms with E-state index in [1.54, 1.807) is 12.1 Å². The lowest BCUT2D eigenvalue weighted by Gasteiger charge is -2.10. The third-order valence-corrected chi connectivity index (χ3v) is 3.88. The number of nitrogens with two attached hydrogens (primary N) is 1. The normalized spacial score (nSPS) is 10.5. The third kappa shape index (κ3) is 8.55. The number of carbonyl (C=O) groups is 1. The molecule has 0 atom stereocenters. The predicted molar refractivity (Wildman–Crippen MR) is 135 cm³/mol. The van der Waals surface area contributed by atoms with Crippen molar-refractivity contribution in [3.8, 4) is 17.2 Å². The number of halogens is 1. The maximum atomic E-state index is 11.1. The third-order valence-electron chi connectivity index (χ3n) is 3.88. The molecule has 31 heavy (non-hydrogen) atoms. The van der Waals surface area contributed by atoms with E-state index >= 15 is 0 Å². The highest BCUT2D eigenvalue weighted by atomic mass is 127. The first-order valence-electron chi connectivity index (χ1n) is 9.49. The summed E-state index contributed by atoms with van der Waals surface area (Å²) in [5.74, 6) is 2.25. The molecule has 7 nitrogen and oxygen atoms in total. The predicted octanol–water partition coefficient (Wildman–Crippen LogP) is 4.86. The molecule has 0 aromatic heterocycles. The SMILES string of the molecule is CC(=O)Nc1cccc(OCCN=C(N)Nc2cccc(Oc3ccccc3)c2)c1.I. The highest BCUT2D eigenvalue weighted by molar-refractivity contribution is 14.0. The number of nitrogens with zero attached hydrogens (tertiary/aromatic N) is 1. The number of nitrogens with one attached hydrogen (secondary N) is 2. The number of guanidine groups is 1. The van der Waals surface area contributed by atoms with Crippen LogP contribution in [0.5, 0.6) is 17.2 Å². The van der Waals surface area contributed by atoms with E-state index in [-0.39, 0.29) is 35.8 Å². The Kier molecular flexibility index (Phi) is 9.63. The van der Waals surface area contributed by atoms with Crippen molar-refractivity contribution in [3.05, 3.63) is 78.9 Å². The van der Waals surface area contributed by atoms with Crippen molar-refractivity contribution in [1.29, 1.82) is 0 Å². The van der Waals surface area contributed by atoms with E-state index in [1.165, 1.54) is 6.92 Å². The number of carbonyl (C=O) groups excluding carboxylic acids is 1. The first-order chi connectivity index (χ1) is 14.6. The number of ether oxygens (including phenoxy) is 2. The van der Waals surface area contributed by atoms with Gasteiger partial charge in [-0.3, -0.25) is 4.79 Å². The molecule has 0 fully saturated rings. The highest BCUT2D eigenvalue weighted by Crippen LogP contribution is 2.23. The maximum absolute atomic E-state index is 11.1. The molecule has 0 radical (unpaired) electrons. The molecule has 3 rings (SSSR count). The van der Waals surface area contributed by atoms with E-state index in [0.717, 1.165) is 11.4 Å². The number of hydrogen-bond donors (Lipinski definition) is 3. The molecular formula is C23H25IN4O3. The smallest absolute Gasteiger partial charge is 0.221 e. The Morgan fingerprint density at radius 2 is 1.48 bits per heavy atom. The second-order valence-electron chi connectivity index (χ2n) is 6.39. The zero-order valence-corrected chi connectivity index (χ0v) is 19.4. The van der Waals surface area contributed by atoms with Crippen LogP contribution in [0.1, 0.15) is 6.92 Å². The zero-order chi connectivity index (χ0) is 21.2. The molecule has 0 bridgehead atoms. The van der Waals surface area contributed by atoms with Crippen molar-refractivity contribution < 1.29 is 14.3 Å². The lowest BCUT2D eigenvalue weighted by atomic mass is 10.3. The molecule has 0 heterocycles. The number of para-hydroxylation sites is 1. The van der Waals surface area contributed by atoms with E-state index in [4.69, 9.17) is 15.2 Å². The molecule has 0 aliphatic carbocycles. The fraction of sp³-hybridized carbons (Fsp3) is 0.130. The van der Waals surface area contributed by atoms with Crippen LogP contribution in [0.3, 0.4) is 0 Å². The molecule has 3 aromatic rings. The summed E-state index contributed by atoms with van der Waals surface area (Å²) < 4.78 is 11.5. The van der Waals surface area contributed by atoms with Crippen molar-refractivity contribution >= 4 is 47.2 Å². The van der Waals surface area contributed by atoms with Gasteiger partial charge in [-0.2, -0.15) is 0 Å². The van der Waals surface area contributed by atoms with Crippen LogP contribution in [0.4, 0.5) is 11.4 Å². The number of amides is 1. The van der Waals surface area contributed by atoms with Gasteiger partial charge in [0, 0.05) is 30.4 Å². The van der Waals surface area contributed by atoms with E-state index in [2.05, 4.69) is 15.6 Å². The Morgan fingerprint density at radius 1 is 0.871 bits per heavy atom. The molecular weight excluding hydrogens is 507 g/mol. The summed E-state index contributed by atoms with van der Waals surface area (Å²) >= 11 is 0. The van der Waals surface area contributed by atoms with Gasteiger partial charge in [-0.1, -0.05) is 30.3 Å². The summed E-state index contributed by atoms with van der Waals surface area (Å²) in [4.78, 5) is 15.4. The Balaban J connectivity index is 0.00000341. The first kappa shape index (κ1) is 24.0. The van der Waals surface area contributed by atoms with Crippen LogP contribution in [-0.2, 0) is 4.79 Å². The Labute approximate surface area is 198 Å². The van der Waals surface area contributed by atoms with Gasteiger partial charge in [-0.25, -0.2) is 4.99 Å². The fourth-order valence-corrected chi connectivity index (χ4v) is 2.65. The van der Waals surface area contributed by atoms with Gasteiger partial charge in [0.2, 0.25) is 5.91 Å². The molecule has 4 N–H and O–H groups in total. The average molecular weight is 532 g/mol.